The Kier molecular flexibility index (Phi) is 4.50. The van der Waals surface area contributed by atoms with Crippen LogP contribution in [0.2, 0.25) is 0 Å². The first-order valence-corrected chi connectivity index (χ1v) is 6.74. The number of nitrogens with zero attached hydrogens (tertiary/aromatic N) is 1. The van der Waals surface area contributed by atoms with Crippen molar-refractivity contribution in [1.29, 1.82) is 0 Å². The number of aryl methyl sites for hydroxylation is 1. The van der Waals surface area contributed by atoms with Crippen LogP contribution < -0.4 is 5.73 Å². The van der Waals surface area contributed by atoms with Crippen molar-refractivity contribution >= 4 is 5.78 Å². The second-order valence-corrected chi connectivity index (χ2v) is 5.13. The average molecular weight is 246 g/mol. The molecule has 0 amide bonds. The molecule has 0 unspecified atom stereocenters. The van der Waals surface area contributed by atoms with Gasteiger partial charge in [0.2, 0.25) is 0 Å². The molecule has 3 heteroatoms. The molecule has 0 aliphatic carbocycles. The number of piperidine rings is 1. The summed E-state index contributed by atoms with van der Waals surface area (Å²) in [7, 11) is 0. The molecule has 98 valence electrons. The largest absolute Gasteiger partial charge is 0.329 e. The molecule has 2 N–H and O–H groups in total. The Morgan fingerprint density at radius 1 is 1.28 bits per heavy atom. The van der Waals surface area contributed by atoms with Crippen molar-refractivity contribution in [1.82, 2.24) is 4.90 Å². The number of hydrogen-bond acceptors (Lipinski definition) is 3. The first-order valence-electron chi connectivity index (χ1n) is 6.74. The van der Waals surface area contributed by atoms with E-state index in [0.29, 0.717) is 12.3 Å². The minimum absolute atomic E-state index is 0.196. The molecule has 1 heterocycles. The zero-order chi connectivity index (χ0) is 13.0. The lowest BCUT2D eigenvalue weighted by molar-refractivity contribution is 0.0842. The lowest BCUT2D eigenvalue weighted by Crippen LogP contribution is -2.39. The van der Waals surface area contributed by atoms with E-state index in [2.05, 4.69) is 4.90 Å². The van der Waals surface area contributed by atoms with Crippen molar-refractivity contribution in [3.05, 3.63) is 35.4 Å². The first-order chi connectivity index (χ1) is 8.70. The highest BCUT2D eigenvalue weighted by molar-refractivity contribution is 5.97. The molecule has 1 aliphatic heterocycles. The first kappa shape index (κ1) is 13.2. The Bertz CT molecular complexity index is 391. The maximum absolute atomic E-state index is 12.3. The van der Waals surface area contributed by atoms with Crippen molar-refractivity contribution in [3.8, 4) is 0 Å². The van der Waals surface area contributed by atoms with E-state index in [1.54, 1.807) is 0 Å². The fraction of sp³-hybridized carbons (Fsp3) is 0.533. The van der Waals surface area contributed by atoms with Crippen molar-refractivity contribution in [2.45, 2.75) is 19.8 Å². The molecular weight excluding hydrogens is 224 g/mol. The second-order valence-electron chi connectivity index (χ2n) is 5.13. The lowest BCUT2D eigenvalue weighted by Gasteiger charge is -2.30. The van der Waals surface area contributed by atoms with Crippen LogP contribution >= 0.6 is 0 Å². The number of carbonyl (C=O) groups excluding carboxylic acids is 1. The SMILES string of the molecule is Cc1ccc(C(=O)C2CCN(CCN)CC2)cc1. The maximum Gasteiger partial charge on any atom is 0.166 e. The summed E-state index contributed by atoms with van der Waals surface area (Å²) in [5, 5.41) is 0. The molecule has 1 fully saturated rings. The molecule has 0 aromatic heterocycles. The Morgan fingerprint density at radius 2 is 1.89 bits per heavy atom. The van der Waals surface area contributed by atoms with Gasteiger partial charge in [0.05, 0.1) is 0 Å². The van der Waals surface area contributed by atoms with E-state index in [4.69, 9.17) is 5.73 Å². The monoisotopic (exact) mass is 246 g/mol. The summed E-state index contributed by atoms with van der Waals surface area (Å²) in [5.41, 5.74) is 7.61. The van der Waals surface area contributed by atoms with E-state index in [0.717, 1.165) is 38.0 Å². The highest BCUT2D eigenvalue weighted by Crippen LogP contribution is 2.21. The minimum Gasteiger partial charge on any atom is -0.329 e. The number of benzene rings is 1. The molecule has 0 radical (unpaired) electrons. The van der Waals surface area contributed by atoms with E-state index in [1.807, 2.05) is 31.2 Å². The van der Waals surface area contributed by atoms with Crippen molar-refractivity contribution in [2.75, 3.05) is 26.2 Å². The minimum atomic E-state index is 0.196. The molecule has 18 heavy (non-hydrogen) atoms. The standard InChI is InChI=1S/C15H22N2O/c1-12-2-4-13(5-3-12)15(18)14-6-9-17(10-7-14)11-8-16/h2-5,14H,6-11,16H2,1H3. The van der Waals surface area contributed by atoms with Gasteiger partial charge in [0.1, 0.15) is 0 Å². The Balaban J connectivity index is 1.93. The third kappa shape index (κ3) is 3.18. The molecular formula is C15H22N2O. The highest BCUT2D eigenvalue weighted by atomic mass is 16.1. The predicted molar refractivity (Wildman–Crippen MR) is 73.7 cm³/mol. The molecule has 1 saturated heterocycles. The van der Waals surface area contributed by atoms with E-state index >= 15 is 0 Å². The summed E-state index contributed by atoms with van der Waals surface area (Å²) >= 11 is 0. The maximum atomic E-state index is 12.3. The van der Waals surface area contributed by atoms with Gasteiger partial charge >= 0.3 is 0 Å². The molecule has 1 aromatic rings. The van der Waals surface area contributed by atoms with Gasteiger partial charge in [-0.15, -0.1) is 0 Å². The number of carbonyl (C=O) groups is 1. The summed E-state index contributed by atoms with van der Waals surface area (Å²) in [6.07, 6.45) is 1.93. The van der Waals surface area contributed by atoms with E-state index in [1.165, 1.54) is 5.56 Å². The van der Waals surface area contributed by atoms with Crippen LogP contribution in [-0.4, -0.2) is 36.9 Å². The quantitative estimate of drug-likeness (QED) is 0.825. The summed E-state index contributed by atoms with van der Waals surface area (Å²) in [5.74, 6) is 0.504. The molecule has 1 aromatic carbocycles. The summed E-state index contributed by atoms with van der Waals surface area (Å²) < 4.78 is 0. The molecule has 0 atom stereocenters. The van der Waals surface area contributed by atoms with Gasteiger partial charge in [-0.05, 0) is 32.9 Å². The zero-order valence-corrected chi connectivity index (χ0v) is 11.1. The van der Waals surface area contributed by atoms with Gasteiger partial charge < -0.3 is 10.6 Å². The summed E-state index contributed by atoms with van der Waals surface area (Å²) in [6.45, 7) is 5.69. The van der Waals surface area contributed by atoms with Crippen LogP contribution in [0.1, 0.15) is 28.8 Å². The molecule has 0 saturated carbocycles. The second kappa shape index (κ2) is 6.12. The average Bonchev–Trinajstić information content (AvgIpc) is 2.40. The third-order valence-corrected chi connectivity index (χ3v) is 3.74. The highest BCUT2D eigenvalue weighted by Gasteiger charge is 2.25. The fourth-order valence-corrected chi connectivity index (χ4v) is 2.55. The lowest BCUT2D eigenvalue weighted by atomic mass is 9.88. The third-order valence-electron chi connectivity index (χ3n) is 3.74. The van der Waals surface area contributed by atoms with E-state index < -0.39 is 0 Å². The van der Waals surface area contributed by atoms with Crippen molar-refractivity contribution in [2.24, 2.45) is 11.7 Å². The van der Waals surface area contributed by atoms with Gasteiger partial charge in [-0.1, -0.05) is 29.8 Å². The summed E-state index contributed by atoms with van der Waals surface area (Å²) in [4.78, 5) is 14.7. The van der Waals surface area contributed by atoms with E-state index in [-0.39, 0.29) is 5.92 Å². The number of ketones is 1. The predicted octanol–water partition coefficient (Wildman–Crippen LogP) is 1.85. The number of Topliss-reactive ketones (excluding diaryl/α,β-unsaturated/α-hetero) is 1. The van der Waals surface area contributed by atoms with Crippen LogP contribution in [0.25, 0.3) is 0 Å². The molecule has 1 aliphatic rings. The number of rotatable bonds is 4. The van der Waals surface area contributed by atoms with Crippen LogP contribution in [0.4, 0.5) is 0 Å². The van der Waals surface area contributed by atoms with Crippen LogP contribution in [-0.2, 0) is 0 Å². The van der Waals surface area contributed by atoms with Crippen LogP contribution in [0, 0.1) is 12.8 Å². The normalized spacial score (nSPS) is 17.9. The molecule has 0 spiro atoms. The van der Waals surface area contributed by atoms with Crippen molar-refractivity contribution < 1.29 is 4.79 Å². The van der Waals surface area contributed by atoms with Crippen LogP contribution in [0.3, 0.4) is 0 Å². The van der Waals surface area contributed by atoms with Gasteiger partial charge in [-0.2, -0.15) is 0 Å². The van der Waals surface area contributed by atoms with E-state index in [9.17, 15) is 4.79 Å². The fourth-order valence-electron chi connectivity index (χ4n) is 2.55. The zero-order valence-electron chi connectivity index (χ0n) is 11.1. The van der Waals surface area contributed by atoms with Gasteiger partial charge in [0, 0.05) is 24.6 Å². The van der Waals surface area contributed by atoms with Gasteiger partial charge in [0.25, 0.3) is 0 Å². The van der Waals surface area contributed by atoms with Crippen molar-refractivity contribution in [3.63, 3.8) is 0 Å². The Morgan fingerprint density at radius 3 is 2.44 bits per heavy atom. The molecule has 0 bridgehead atoms. The number of hydrogen-bond donors (Lipinski definition) is 1. The Labute approximate surface area is 109 Å². The smallest absolute Gasteiger partial charge is 0.166 e. The number of likely N-dealkylation sites (tertiary alicyclic amines) is 1. The van der Waals surface area contributed by atoms with Gasteiger partial charge in [0.15, 0.2) is 5.78 Å². The van der Waals surface area contributed by atoms with Gasteiger partial charge in [-0.25, -0.2) is 0 Å². The van der Waals surface area contributed by atoms with Crippen LogP contribution in [0.5, 0.6) is 0 Å². The van der Waals surface area contributed by atoms with Crippen LogP contribution in [0.15, 0.2) is 24.3 Å². The molecule has 2 rings (SSSR count). The van der Waals surface area contributed by atoms with Gasteiger partial charge in [-0.3, -0.25) is 4.79 Å². The Hall–Kier alpha value is -1.19. The summed E-state index contributed by atoms with van der Waals surface area (Å²) in [6, 6.07) is 7.92. The topological polar surface area (TPSA) is 46.3 Å². The number of nitrogens with two attached hydrogens (primary N) is 1. The molecule has 3 nitrogen and oxygen atoms in total.